The third kappa shape index (κ3) is 2.98. The molecule has 0 spiro atoms. The van der Waals surface area contributed by atoms with Gasteiger partial charge in [0, 0.05) is 29.8 Å². The smallest absolute Gasteiger partial charge is 0.252 e. The molecular weight excluding hydrogens is 294 g/mol. The molecule has 0 aliphatic heterocycles. The molecular formula is C13H14BrN3O. The summed E-state index contributed by atoms with van der Waals surface area (Å²) in [5, 5.41) is 6.93. The van der Waals surface area contributed by atoms with Crippen molar-refractivity contribution in [2.24, 2.45) is 7.05 Å². The summed E-state index contributed by atoms with van der Waals surface area (Å²) in [7, 11) is 1.85. The van der Waals surface area contributed by atoms with E-state index in [1.165, 1.54) is 0 Å². The highest BCUT2D eigenvalue weighted by Gasteiger charge is 2.10. The third-order valence-corrected chi connectivity index (χ3v) is 3.27. The minimum atomic E-state index is -0.0885. The number of carbonyl (C=O) groups excluding carboxylic acids is 1. The zero-order valence-electron chi connectivity index (χ0n) is 10.3. The Labute approximate surface area is 114 Å². The van der Waals surface area contributed by atoms with Crippen LogP contribution in [0.15, 0.2) is 35.1 Å². The first kappa shape index (κ1) is 12.8. The van der Waals surface area contributed by atoms with Crippen molar-refractivity contribution in [1.82, 2.24) is 15.1 Å². The zero-order chi connectivity index (χ0) is 13.1. The Morgan fingerprint density at radius 3 is 2.94 bits per heavy atom. The van der Waals surface area contributed by atoms with Gasteiger partial charge in [-0.05, 0) is 35.0 Å². The van der Waals surface area contributed by atoms with E-state index in [0.717, 1.165) is 15.6 Å². The van der Waals surface area contributed by atoms with Crippen LogP contribution >= 0.6 is 15.9 Å². The predicted octanol–water partition coefficient (Wildman–Crippen LogP) is 2.42. The van der Waals surface area contributed by atoms with Crippen molar-refractivity contribution in [1.29, 1.82) is 0 Å². The van der Waals surface area contributed by atoms with E-state index < -0.39 is 0 Å². The van der Waals surface area contributed by atoms with Gasteiger partial charge in [-0.15, -0.1) is 0 Å². The Bertz CT molecular complexity index is 577. The van der Waals surface area contributed by atoms with Crippen LogP contribution in [-0.4, -0.2) is 15.7 Å². The molecule has 2 aromatic rings. The molecule has 5 heteroatoms. The number of nitrogens with zero attached hydrogens (tertiary/aromatic N) is 2. The SMILES string of the molecule is Cc1ccc(Br)c(C(=O)NCc2cnn(C)c2)c1. The number of halogens is 1. The summed E-state index contributed by atoms with van der Waals surface area (Å²) in [5.41, 5.74) is 2.69. The highest BCUT2D eigenvalue weighted by molar-refractivity contribution is 9.10. The van der Waals surface area contributed by atoms with Crippen molar-refractivity contribution in [3.05, 3.63) is 51.8 Å². The van der Waals surface area contributed by atoms with Gasteiger partial charge in [-0.3, -0.25) is 9.48 Å². The molecule has 0 aliphatic carbocycles. The number of nitrogens with one attached hydrogen (secondary N) is 1. The van der Waals surface area contributed by atoms with Crippen LogP contribution in [0.5, 0.6) is 0 Å². The summed E-state index contributed by atoms with van der Waals surface area (Å²) in [5.74, 6) is -0.0885. The van der Waals surface area contributed by atoms with Crippen LogP contribution in [0, 0.1) is 6.92 Å². The van der Waals surface area contributed by atoms with E-state index in [1.807, 2.05) is 38.4 Å². The standard InChI is InChI=1S/C13H14BrN3O/c1-9-3-4-12(14)11(5-9)13(18)15-6-10-7-16-17(2)8-10/h3-5,7-8H,6H2,1-2H3,(H,15,18). The van der Waals surface area contributed by atoms with Crippen molar-refractivity contribution in [3.63, 3.8) is 0 Å². The maximum absolute atomic E-state index is 12.0. The number of benzene rings is 1. The quantitative estimate of drug-likeness (QED) is 0.946. The molecule has 1 aromatic heterocycles. The number of hydrogen-bond acceptors (Lipinski definition) is 2. The summed E-state index contributed by atoms with van der Waals surface area (Å²) >= 11 is 3.38. The van der Waals surface area contributed by atoms with Gasteiger partial charge in [0.2, 0.25) is 0 Å². The van der Waals surface area contributed by atoms with E-state index in [0.29, 0.717) is 12.1 Å². The number of carbonyl (C=O) groups is 1. The van der Waals surface area contributed by atoms with Gasteiger partial charge < -0.3 is 5.32 Å². The van der Waals surface area contributed by atoms with Crippen LogP contribution in [0.3, 0.4) is 0 Å². The molecule has 0 saturated heterocycles. The normalized spacial score (nSPS) is 10.4. The van der Waals surface area contributed by atoms with Gasteiger partial charge in [0.1, 0.15) is 0 Å². The minimum Gasteiger partial charge on any atom is -0.348 e. The van der Waals surface area contributed by atoms with Crippen LogP contribution in [0.2, 0.25) is 0 Å². The summed E-state index contributed by atoms with van der Waals surface area (Å²) in [6.45, 7) is 2.44. The monoisotopic (exact) mass is 307 g/mol. The second-order valence-corrected chi connectivity index (χ2v) is 5.04. The van der Waals surface area contributed by atoms with E-state index in [2.05, 4.69) is 26.3 Å². The molecule has 0 saturated carbocycles. The fourth-order valence-corrected chi connectivity index (χ4v) is 2.08. The third-order valence-electron chi connectivity index (χ3n) is 2.58. The molecule has 0 radical (unpaired) electrons. The molecule has 0 fully saturated rings. The number of aryl methyl sites for hydroxylation is 2. The molecule has 4 nitrogen and oxygen atoms in total. The zero-order valence-corrected chi connectivity index (χ0v) is 11.9. The summed E-state index contributed by atoms with van der Waals surface area (Å²) < 4.78 is 2.51. The van der Waals surface area contributed by atoms with Crippen LogP contribution < -0.4 is 5.32 Å². The lowest BCUT2D eigenvalue weighted by Crippen LogP contribution is -2.23. The molecule has 0 aliphatic rings. The Morgan fingerprint density at radius 1 is 1.50 bits per heavy atom. The van der Waals surface area contributed by atoms with Gasteiger partial charge in [-0.2, -0.15) is 5.10 Å². The molecule has 1 heterocycles. The molecule has 1 N–H and O–H groups in total. The van der Waals surface area contributed by atoms with E-state index in [1.54, 1.807) is 10.9 Å². The van der Waals surface area contributed by atoms with Crippen molar-refractivity contribution in [2.45, 2.75) is 13.5 Å². The maximum atomic E-state index is 12.0. The molecule has 2 rings (SSSR count). The van der Waals surface area contributed by atoms with E-state index in [-0.39, 0.29) is 5.91 Å². The van der Waals surface area contributed by atoms with Crippen LogP contribution in [0.1, 0.15) is 21.5 Å². The second-order valence-electron chi connectivity index (χ2n) is 4.19. The van der Waals surface area contributed by atoms with E-state index in [4.69, 9.17) is 0 Å². The van der Waals surface area contributed by atoms with Crippen molar-refractivity contribution in [2.75, 3.05) is 0 Å². The minimum absolute atomic E-state index is 0.0885. The molecule has 0 atom stereocenters. The molecule has 1 aromatic carbocycles. The Kier molecular flexibility index (Phi) is 3.81. The predicted molar refractivity (Wildman–Crippen MR) is 73.3 cm³/mol. The topological polar surface area (TPSA) is 46.9 Å². The molecule has 1 amide bonds. The van der Waals surface area contributed by atoms with Crippen molar-refractivity contribution >= 4 is 21.8 Å². The average Bonchev–Trinajstić information content (AvgIpc) is 2.75. The van der Waals surface area contributed by atoms with Crippen LogP contribution in [0.25, 0.3) is 0 Å². The van der Waals surface area contributed by atoms with Gasteiger partial charge >= 0.3 is 0 Å². The lowest BCUT2D eigenvalue weighted by atomic mass is 10.1. The highest BCUT2D eigenvalue weighted by atomic mass is 79.9. The largest absolute Gasteiger partial charge is 0.348 e. The Balaban J connectivity index is 2.05. The van der Waals surface area contributed by atoms with Gasteiger partial charge in [0.25, 0.3) is 5.91 Å². The van der Waals surface area contributed by atoms with Gasteiger partial charge in [0.05, 0.1) is 11.8 Å². The van der Waals surface area contributed by atoms with Gasteiger partial charge in [-0.1, -0.05) is 11.6 Å². The van der Waals surface area contributed by atoms with Gasteiger partial charge in [-0.25, -0.2) is 0 Å². The lowest BCUT2D eigenvalue weighted by Gasteiger charge is -2.06. The fourth-order valence-electron chi connectivity index (χ4n) is 1.65. The van der Waals surface area contributed by atoms with E-state index >= 15 is 0 Å². The molecule has 94 valence electrons. The van der Waals surface area contributed by atoms with Crippen LogP contribution in [-0.2, 0) is 13.6 Å². The Morgan fingerprint density at radius 2 is 2.28 bits per heavy atom. The first-order chi connectivity index (χ1) is 8.56. The molecule has 0 unspecified atom stereocenters. The highest BCUT2D eigenvalue weighted by Crippen LogP contribution is 2.18. The van der Waals surface area contributed by atoms with Gasteiger partial charge in [0.15, 0.2) is 0 Å². The first-order valence-electron chi connectivity index (χ1n) is 5.58. The summed E-state index contributed by atoms with van der Waals surface area (Å²) in [4.78, 5) is 12.0. The Hall–Kier alpha value is -1.62. The average molecular weight is 308 g/mol. The fraction of sp³-hybridized carbons (Fsp3) is 0.231. The maximum Gasteiger partial charge on any atom is 0.252 e. The summed E-state index contributed by atoms with van der Waals surface area (Å²) in [6.07, 6.45) is 3.62. The number of rotatable bonds is 3. The second kappa shape index (κ2) is 5.35. The summed E-state index contributed by atoms with van der Waals surface area (Å²) in [6, 6.07) is 5.71. The molecule has 18 heavy (non-hydrogen) atoms. The number of hydrogen-bond donors (Lipinski definition) is 1. The first-order valence-corrected chi connectivity index (χ1v) is 6.37. The van der Waals surface area contributed by atoms with E-state index in [9.17, 15) is 4.79 Å². The van der Waals surface area contributed by atoms with Crippen molar-refractivity contribution < 1.29 is 4.79 Å². The number of aromatic nitrogens is 2. The molecule has 0 bridgehead atoms. The van der Waals surface area contributed by atoms with Crippen LogP contribution in [0.4, 0.5) is 0 Å². The number of amides is 1. The van der Waals surface area contributed by atoms with Crippen molar-refractivity contribution in [3.8, 4) is 0 Å². The lowest BCUT2D eigenvalue weighted by molar-refractivity contribution is 0.0950.